The molecule has 0 saturated heterocycles. The largest absolute Gasteiger partial charge is 0.379 e. The lowest BCUT2D eigenvalue weighted by molar-refractivity contribution is 0.998. The maximum atomic E-state index is 3.93. The molecule has 9 rings (SSSR count). The van der Waals surface area contributed by atoms with E-state index in [1.165, 1.54) is 80.6 Å². The molecule has 1 unspecified atom stereocenters. The van der Waals surface area contributed by atoms with Gasteiger partial charge in [0.1, 0.15) is 0 Å². The summed E-state index contributed by atoms with van der Waals surface area (Å²) in [6.45, 7) is 15.6. The molecule has 0 aliphatic heterocycles. The predicted molar refractivity (Wildman–Crippen MR) is 327 cm³/mol. The summed E-state index contributed by atoms with van der Waals surface area (Å²) in [6, 6.07) is 76.1. The SMILES string of the molecule is C/C=C(C)\C(=C/c1c(C)c2cc(-c3ccccc3)ccc2n1-c1cccc(-c2cc(C/C=C\C=C/CC)ccc2NC(C)/C=C\C(=C/C)c2ccccc2)c1)S(c1ccccc1)(c1ccccc1)c1ccccc1C. The Labute approximate surface area is 448 Å². The molecular formula is C72H70N2S. The average molecular weight is 995 g/mol. The Morgan fingerprint density at radius 3 is 1.92 bits per heavy atom. The zero-order valence-electron chi connectivity index (χ0n) is 44.7. The molecular weight excluding hydrogens is 925 g/mol. The van der Waals surface area contributed by atoms with Crippen molar-refractivity contribution >= 4 is 38.3 Å². The van der Waals surface area contributed by atoms with Crippen molar-refractivity contribution in [1.29, 1.82) is 0 Å². The van der Waals surface area contributed by atoms with Gasteiger partial charge in [0.2, 0.25) is 0 Å². The molecule has 8 aromatic carbocycles. The molecule has 0 bridgehead atoms. The van der Waals surface area contributed by atoms with Crippen LogP contribution in [0, 0.1) is 13.8 Å². The van der Waals surface area contributed by atoms with Crippen LogP contribution in [0.2, 0.25) is 0 Å². The molecule has 1 heterocycles. The highest BCUT2D eigenvalue weighted by Crippen LogP contribution is 2.75. The summed E-state index contributed by atoms with van der Waals surface area (Å²) in [6.07, 6.45) is 22.2. The molecule has 0 fully saturated rings. The molecule has 374 valence electrons. The van der Waals surface area contributed by atoms with Gasteiger partial charge in [-0.25, -0.2) is 0 Å². The van der Waals surface area contributed by atoms with Crippen LogP contribution in [0.5, 0.6) is 0 Å². The first-order valence-corrected chi connectivity index (χ1v) is 28.1. The van der Waals surface area contributed by atoms with E-state index in [-0.39, 0.29) is 6.04 Å². The number of nitrogens with one attached hydrogen (secondary N) is 1. The predicted octanol–water partition coefficient (Wildman–Crippen LogP) is 20.4. The first-order chi connectivity index (χ1) is 36.7. The van der Waals surface area contributed by atoms with Crippen molar-refractivity contribution in [2.75, 3.05) is 5.32 Å². The molecule has 1 N–H and O–H groups in total. The number of aryl methyl sites for hydroxylation is 2. The first-order valence-electron chi connectivity index (χ1n) is 26.5. The molecule has 0 aliphatic carbocycles. The van der Waals surface area contributed by atoms with Crippen molar-refractivity contribution in [2.24, 2.45) is 0 Å². The van der Waals surface area contributed by atoms with E-state index in [9.17, 15) is 0 Å². The Morgan fingerprint density at radius 2 is 1.25 bits per heavy atom. The summed E-state index contributed by atoms with van der Waals surface area (Å²) in [5, 5.41) is 5.16. The van der Waals surface area contributed by atoms with Crippen LogP contribution < -0.4 is 5.32 Å². The lowest BCUT2D eigenvalue weighted by Gasteiger charge is -2.45. The topological polar surface area (TPSA) is 17.0 Å². The normalized spacial score (nSPS) is 13.3. The molecule has 0 aliphatic rings. The van der Waals surface area contributed by atoms with Gasteiger partial charge in [0.15, 0.2) is 0 Å². The second-order valence-electron chi connectivity index (χ2n) is 19.2. The Balaban J connectivity index is 1.28. The Morgan fingerprint density at radius 1 is 0.613 bits per heavy atom. The van der Waals surface area contributed by atoms with Crippen LogP contribution in [-0.2, 0) is 6.42 Å². The van der Waals surface area contributed by atoms with Crippen molar-refractivity contribution in [3.63, 3.8) is 0 Å². The minimum absolute atomic E-state index is 0.0562. The summed E-state index contributed by atoms with van der Waals surface area (Å²) < 4.78 is 2.53. The number of fused-ring (bicyclic) bond motifs is 1. The van der Waals surface area contributed by atoms with Gasteiger partial charge in [-0.1, -0.05) is 195 Å². The Hall–Kier alpha value is -8.11. The second kappa shape index (κ2) is 24.3. The maximum Gasteiger partial charge on any atom is 0.0538 e. The van der Waals surface area contributed by atoms with E-state index < -0.39 is 10.0 Å². The van der Waals surface area contributed by atoms with E-state index in [0.29, 0.717) is 0 Å². The van der Waals surface area contributed by atoms with E-state index in [4.69, 9.17) is 0 Å². The zero-order valence-corrected chi connectivity index (χ0v) is 45.5. The molecule has 2 nitrogen and oxygen atoms in total. The molecule has 1 aromatic heterocycles. The third kappa shape index (κ3) is 11.2. The summed E-state index contributed by atoms with van der Waals surface area (Å²) in [5.41, 5.74) is 16.7. The van der Waals surface area contributed by atoms with Crippen molar-refractivity contribution < 1.29 is 0 Å². The lowest BCUT2D eigenvalue weighted by atomic mass is 9.98. The van der Waals surface area contributed by atoms with Gasteiger partial charge in [0.25, 0.3) is 0 Å². The highest BCUT2D eigenvalue weighted by molar-refractivity contribution is 8.37. The molecule has 0 amide bonds. The van der Waals surface area contributed by atoms with E-state index in [2.05, 4.69) is 319 Å². The number of nitrogens with zero attached hydrogens (tertiary/aromatic N) is 1. The second-order valence-corrected chi connectivity index (χ2v) is 22.3. The highest BCUT2D eigenvalue weighted by Gasteiger charge is 2.37. The van der Waals surface area contributed by atoms with Gasteiger partial charge < -0.3 is 9.88 Å². The molecule has 0 saturated carbocycles. The minimum atomic E-state index is -2.08. The summed E-state index contributed by atoms with van der Waals surface area (Å²) >= 11 is 0. The van der Waals surface area contributed by atoms with Crippen molar-refractivity contribution in [3.05, 3.63) is 293 Å². The fraction of sp³-hybridized carbons (Fsp3) is 0.139. The van der Waals surface area contributed by atoms with Crippen LogP contribution in [0.4, 0.5) is 5.69 Å². The monoisotopic (exact) mass is 995 g/mol. The van der Waals surface area contributed by atoms with Crippen LogP contribution in [-0.4, -0.2) is 10.6 Å². The first kappa shape index (κ1) is 51.8. The van der Waals surface area contributed by atoms with E-state index in [1.807, 2.05) is 0 Å². The number of aromatic nitrogens is 1. The maximum absolute atomic E-state index is 3.93. The van der Waals surface area contributed by atoms with Gasteiger partial charge in [0, 0.05) is 48.0 Å². The number of rotatable bonds is 18. The van der Waals surface area contributed by atoms with Crippen LogP contribution in [0.15, 0.2) is 280 Å². The minimum Gasteiger partial charge on any atom is -0.379 e. The van der Waals surface area contributed by atoms with Gasteiger partial charge in [-0.2, -0.15) is 0 Å². The Bertz CT molecular complexity index is 3530. The third-order valence-electron chi connectivity index (χ3n) is 14.2. The summed E-state index contributed by atoms with van der Waals surface area (Å²) in [4.78, 5) is 5.24. The quantitative estimate of drug-likeness (QED) is 0.0848. The Kier molecular flexibility index (Phi) is 16.8. The molecule has 75 heavy (non-hydrogen) atoms. The molecule has 1 atom stereocenters. The standard InChI is InChI=1S/C72H70N2S/c1-8-11-12-13-18-31-57-44-47-68(73-55(6)43-45-58(10-3)59-32-19-14-20-33-59)67(49-57)62-36-29-37-63(50-62)74-69-48-46-61(60-34-21-15-22-35-60)51-66(69)56(7)70(74)52-72(53(4)9-2)75(64-38-23-16-24-39-64,65-40-25-17-26-41-65)71-42-28-27-30-54(71)5/h9-30,32-52,55,73H,8,31H2,1-7H3/b12-11-,18-13-,45-43-,53-9-,58-10+,72-52+. The number of hydrogen-bond donors (Lipinski definition) is 1. The van der Waals surface area contributed by atoms with Crippen molar-refractivity contribution in [1.82, 2.24) is 4.57 Å². The van der Waals surface area contributed by atoms with Gasteiger partial charge >= 0.3 is 0 Å². The molecule has 0 spiro atoms. The highest BCUT2D eigenvalue weighted by atomic mass is 32.3. The molecule has 9 aromatic rings. The van der Waals surface area contributed by atoms with Gasteiger partial charge in [0.05, 0.1) is 11.2 Å². The molecule has 0 radical (unpaired) electrons. The molecule has 3 heteroatoms. The zero-order chi connectivity index (χ0) is 52.2. The fourth-order valence-electron chi connectivity index (χ4n) is 10.3. The van der Waals surface area contributed by atoms with Gasteiger partial charge in [-0.3, -0.25) is 0 Å². The van der Waals surface area contributed by atoms with Crippen LogP contribution >= 0.6 is 10.0 Å². The number of benzene rings is 8. The summed E-state index contributed by atoms with van der Waals surface area (Å²) in [7, 11) is -2.08. The van der Waals surface area contributed by atoms with E-state index >= 15 is 0 Å². The average Bonchev–Trinajstić information content (AvgIpc) is 3.75. The van der Waals surface area contributed by atoms with Gasteiger partial charge in [-0.15, -0.1) is 10.0 Å². The number of anilines is 1. The smallest absolute Gasteiger partial charge is 0.0538 e. The van der Waals surface area contributed by atoms with E-state index in [0.717, 1.165) is 35.5 Å². The number of hydrogen-bond acceptors (Lipinski definition) is 1. The van der Waals surface area contributed by atoms with E-state index in [1.54, 1.807) is 0 Å². The lowest BCUT2D eigenvalue weighted by Crippen LogP contribution is -2.13. The van der Waals surface area contributed by atoms with Crippen LogP contribution in [0.25, 0.3) is 50.5 Å². The fourth-order valence-corrected chi connectivity index (χ4v) is 14.7. The third-order valence-corrected chi connectivity index (χ3v) is 18.4. The number of allylic oxidation sites excluding steroid dienone is 9. The van der Waals surface area contributed by atoms with Gasteiger partial charge in [-0.05, 0) is 177 Å². The van der Waals surface area contributed by atoms with Crippen molar-refractivity contribution in [2.45, 2.75) is 82.0 Å². The summed E-state index contributed by atoms with van der Waals surface area (Å²) in [5.74, 6) is 0. The van der Waals surface area contributed by atoms with Crippen molar-refractivity contribution in [3.8, 4) is 27.9 Å². The van der Waals surface area contributed by atoms with Crippen LogP contribution in [0.1, 0.15) is 69.0 Å². The van der Waals surface area contributed by atoms with Crippen LogP contribution in [0.3, 0.4) is 0 Å².